The molecule has 1 aromatic carbocycles. The standard InChI is InChI=1S/C21H26N2O4/c1-3-13-11-23-9-8-20-14-6-4-5-7-16(14)22-21(20,23)17(25)10-15(13)19(20,12-24)18(26)27-2/h3-7,15,17,22,24-25H,8-12H2,1-2H3/b13-3-/t15-,17-,19-,20-,21?/m0/s1. The highest BCUT2D eigenvalue weighted by Gasteiger charge is 2.82. The molecule has 6 rings (SSSR count). The summed E-state index contributed by atoms with van der Waals surface area (Å²) >= 11 is 0. The fraction of sp³-hybridized carbons (Fsp3) is 0.571. The van der Waals surface area contributed by atoms with Crippen molar-refractivity contribution in [2.75, 3.05) is 32.1 Å². The van der Waals surface area contributed by atoms with Crippen LogP contribution in [0.1, 0.15) is 25.3 Å². The Morgan fingerprint density at radius 1 is 1.44 bits per heavy atom. The normalized spacial score (nSPS) is 45.2. The van der Waals surface area contributed by atoms with Gasteiger partial charge < -0.3 is 20.3 Å². The molecule has 6 heteroatoms. The predicted molar refractivity (Wildman–Crippen MR) is 100 cm³/mol. The first-order valence-electron chi connectivity index (χ1n) is 9.68. The minimum absolute atomic E-state index is 0.263. The fourth-order valence-corrected chi connectivity index (χ4v) is 7.01. The van der Waals surface area contributed by atoms with E-state index in [0.29, 0.717) is 19.4 Å². The number of aliphatic hydroxyl groups excluding tert-OH is 2. The van der Waals surface area contributed by atoms with Crippen molar-refractivity contribution in [2.24, 2.45) is 11.3 Å². The van der Waals surface area contributed by atoms with E-state index in [4.69, 9.17) is 4.74 Å². The van der Waals surface area contributed by atoms with E-state index in [9.17, 15) is 15.0 Å². The van der Waals surface area contributed by atoms with Crippen molar-refractivity contribution < 1.29 is 19.7 Å². The number of anilines is 1. The lowest BCUT2D eigenvalue weighted by Gasteiger charge is -2.59. The number of ether oxygens (including phenoxy) is 1. The van der Waals surface area contributed by atoms with Crippen LogP contribution in [0.5, 0.6) is 0 Å². The first-order chi connectivity index (χ1) is 13.0. The zero-order valence-corrected chi connectivity index (χ0v) is 15.7. The van der Waals surface area contributed by atoms with E-state index in [1.165, 1.54) is 7.11 Å². The number of carbonyl (C=O) groups excluding carboxylic acids is 1. The summed E-state index contributed by atoms with van der Waals surface area (Å²) in [7, 11) is 1.40. The Balaban J connectivity index is 1.93. The van der Waals surface area contributed by atoms with Crippen LogP contribution in [0.4, 0.5) is 5.69 Å². The highest BCUT2D eigenvalue weighted by atomic mass is 16.5. The number of carbonyl (C=O) groups is 1. The summed E-state index contributed by atoms with van der Waals surface area (Å²) in [6, 6.07) is 7.97. The molecule has 6 nitrogen and oxygen atoms in total. The molecule has 1 saturated carbocycles. The Kier molecular flexibility index (Phi) is 3.41. The van der Waals surface area contributed by atoms with Crippen LogP contribution in [0.3, 0.4) is 0 Å². The van der Waals surface area contributed by atoms with Gasteiger partial charge in [-0.25, -0.2) is 0 Å². The topological polar surface area (TPSA) is 82.0 Å². The van der Waals surface area contributed by atoms with Gasteiger partial charge in [-0.1, -0.05) is 29.8 Å². The summed E-state index contributed by atoms with van der Waals surface area (Å²) in [5, 5.41) is 25.9. The van der Waals surface area contributed by atoms with Crippen molar-refractivity contribution in [3.8, 4) is 0 Å². The number of benzene rings is 1. The lowest BCUT2D eigenvalue weighted by Crippen LogP contribution is -2.75. The second-order valence-electron chi connectivity index (χ2n) is 8.30. The third-order valence-electron chi connectivity index (χ3n) is 7.91. The van der Waals surface area contributed by atoms with Gasteiger partial charge in [0.2, 0.25) is 0 Å². The third kappa shape index (κ3) is 1.55. The van der Waals surface area contributed by atoms with Crippen molar-refractivity contribution in [1.82, 2.24) is 4.90 Å². The van der Waals surface area contributed by atoms with Crippen molar-refractivity contribution >= 4 is 11.7 Å². The van der Waals surface area contributed by atoms with Crippen molar-refractivity contribution in [3.05, 3.63) is 41.5 Å². The maximum atomic E-state index is 13.4. The Morgan fingerprint density at radius 2 is 2.22 bits per heavy atom. The van der Waals surface area contributed by atoms with E-state index >= 15 is 0 Å². The van der Waals surface area contributed by atoms with Crippen molar-refractivity contribution in [1.29, 1.82) is 0 Å². The van der Waals surface area contributed by atoms with Gasteiger partial charge in [0, 0.05) is 24.7 Å². The van der Waals surface area contributed by atoms with Crippen LogP contribution in [0.2, 0.25) is 0 Å². The zero-order chi connectivity index (χ0) is 19.0. The first-order valence-corrected chi connectivity index (χ1v) is 9.68. The molecule has 4 heterocycles. The summed E-state index contributed by atoms with van der Waals surface area (Å²) in [6.45, 7) is 3.10. The quantitative estimate of drug-likeness (QED) is 0.537. The van der Waals surface area contributed by atoms with Gasteiger partial charge in [0.25, 0.3) is 0 Å². The van der Waals surface area contributed by atoms with Gasteiger partial charge in [0.15, 0.2) is 0 Å². The first kappa shape index (κ1) is 17.2. The number of methoxy groups -OCH3 is 1. The molecule has 4 aliphatic heterocycles. The van der Waals surface area contributed by atoms with Gasteiger partial charge in [0.05, 0.1) is 25.2 Å². The number of nitrogens with zero attached hydrogens (tertiary/aromatic N) is 1. The monoisotopic (exact) mass is 370 g/mol. The molecule has 0 amide bonds. The highest BCUT2D eigenvalue weighted by molar-refractivity contribution is 5.85. The largest absolute Gasteiger partial charge is 0.468 e. The molecular weight excluding hydrogens is 344 g/mol. The Morgan fingerprint density at radius 3 is 2.93 bits per heavy atom. The molecular formula is C21H26N2O4. The lowest BCUT2D eigenvalue weighted by molar-refractivity contribution is -0.184. The highest BCUT2D eigenvalue weighted by Crippen LogP contribution is 2.72. The molecule has 4 fully saturated rings. The molecule has 3 saturated heterocycles. The second-order valence-corrected chi connectivity index (χ2v) is 8.30. The molecule has 5 aliphatic rings. The number of fused-ring (bicyclic) bond motifs is 3. The summed E-state index contributed by atoms with van der Waals surface area (Å²) in [6.07, 6.45) is 2.51. The summed E-state index contributed by atoms with van der Waals surface area (Å²) < 4.78 is 5.33. The van der Waals surface area contributed by atoms with Crippen molar-refractivity contribution in [3.63, 3.8) is 0 Å². The fourth-order valence-electron chi connectivity index (χ4n) is 7.01. The predicted octanol–water partition coefficient (Wildman–Crippen LogP) is 1.24. The minimum Gasteiger partial charge on any atom is -0.468 e. The number of rotatable bonds is 2. The van der Waals surface area contributed by atoms with Gasteiger partial charge in [-0.15, -0.1) is 0 Å². The number of hydrogen-bond donors (Lipinski definition) is 3. The maximum Gasteiger partial charge on any atom is 0.315 e. The number of allylic oxidation sites excluding steroid dienone is 1. The van der Waals surface area contributed by atoms with E-state index in [1.807, 2.05) is 37.3 Å². The smallest absolute Gasteiger partial charge is 0.315 e. The summed E-state index contributed by atoms with van der Waals surface area (Å²) in [4.78, 5) is 15.7. The Hall–Kier alpha value is -1.89. The third-order valence-corrected chi connectivity index (χ3v) is 7.91. The molecule has 3 N–H and O–H groups in total. The van der Waals surface area contributed by atoms with E-state index in [2.05, 4.69) is 10.2 Å². The van der Waals surface area contributed by atoms with Gasteiger partial charge in [0.1, 0.15) is 11.1 Å². The van der Waals surface area contributed by atoms with Crippen LogP contribution in [-0.2, 0) is 14.9 Å². The van der Waals surface area contributed by atoms with Crippen LogP contribution in [-0.4, -0.2) is 59.7 Å². The second kappa shape index (κ2) is 5.34. The molecule has 6 atom stereocenters. The van der Waals surface area contributed by atoms with Crippen molar-refractivity contribution in [2.45, 2.75) is 36.9 Å². The Labute approximate surface area is 158 Å². The van der Waals surface area contributed by atoms with E-state index in [0.717, 1.165) is 23.4 Å². The van der Waals surface area contributed by atoms with Crippen LogP contribution in [0, 0.1) is 11.3 Å². The molecule has 0 aromatic heterocycles. The molecule has 1 spiro atoms. The van der Waals surface area contributed by atoms with Crippen LogP contribution < -0.4 is 5.32 Å². The summed E-state index contributed by atoms with van der Waals surface area (Å²) in [5.41, 5.74) is 0.354. The molecule has 1 aliphatic carbocycles. The molecule has 1 aromatic rings. The number of aliphatic hydroxyl groups is 2. The number of nitrogens with one attached hydrogen (secondary N) is 1. The Bertz CT molecular complexity index is 854. The number of hydrogen-bond acceptors (Lipinski definition) is 6. The average molecular weight is 370 g/mol. The minimum atomic E-state index is -1.13. The SMILES string of the molecule is C/C=C1/CN2CC[C@@]34c5ccccc5NC23[C@@H](O)C[C@@H]1[C@@]4(CO)C(=O)OC. The van der Waals surface area contributed by atoms with Gasteiger partial charge in [-0.05, 0) is 31.4 Å². The molecule has 27 heavy (non-hydrogen) atoms. The molecule has 144 valence electrons. The number of para-hydroxylation sites is 1. The molecule has 4 bridgehead atoms. The van der Waals surface area contributed by atoms with Gasteiger partial charge in [-0.2, -0.15) is 0 Å². The van der Waals surface area contributed by atoms with Crippen LogP contribution in [0.25, 0.3) is 0 Å². The van der Waals surface area contributed by atoms with Gasteiger partial charge in [-0.3, -0.25) is 9.69 Å². The van der Waals surface area contributed by atoms with E-state index in [-0.39, 0.29) is 18.5 Å². The number of esters is 1. The maximum absolute atomic E-state index is 13.4. The van der Waals surface area contributed by atoms with E-state index < -0.39 is 22.6 Å². The molecule has 0 radical (unpaired) electrons. The summed E-state index contributed by atoms with van der Waals surface area (Å²) in [5.74, 6) is -0.644. The zero-order valence-electron chi connectivity index (χ0n) is 15.7. The van der Waals surface area contributed by atoms with Crippen LogP contribution in [0.15, 0.2) is 35.9 Å². The lowest BCUT2D eigenvalue weighted by atomic mass is 9.45. The van der Waals surface area contributed by atoms with E-state index in [1.54, 1.807) is 0 Å². The average Bonchev–Trinajstić information content (AvgIpc) is 3.11. The van der Waals surface area contributed by atoms with Crippen LogP contribution >= 0.6 is 0 Å². The van der Waals surface area contributed by atoms with Gasteiger partial charge >= 0.3 is 5.97 Å². The molecule has 2 unspecified atom stereocenters.